The monoisotopic (exact) mass is 352 g/mol. The van der Waals surface area contributed by atoms with Crippen LogP contribution >= 0.6 is 0 Å². The van der Waals surface area contributed by atoms with Gasteiger partial charge in [-0.05, 0) is 37.3 Å². The van der Waals surface area contributed by atoms with Crippen molar-refractivity contribution < 1.29 is 13.9 Å². The number of amides is 1. The molecule has 0 saturated heterocycles. The highest BCUT2D eigenvalue weighted by Crippen LogP contribution is 2.26. The largest absolute Gasteiger partial charge is 0.492 e. The van der Waals surface area contributed by atoms with Crippen LogP contribution < -0.4 is 15.4 Å². The van der Waals surface area contributed by atoms with Crippen molar-refractivity contribution >= 4 is 23.2 Å². The van der Waals surface area contributed by atoms with Gasteiger partial charge in [-0.1, -0.05) is 24.3 Å². The third kappa shape index (κ3) is 4.13. The van der Waals surface area contributed by atoms with Crippen LogP contribution in [0.4, 0.5) is 21.7 Å². The highest BCUT2D eigenvalue weighted by atomic mass is 19.1. The Bertz CT molecular complexity index is 917. The number of nitrogens with one attached hydrogen (secondary N) is 2. The number of ether oxygens (including phenoxy) is 1. The number of aromatic nitrogens is 2. The van der Waals surface area contributed by atoms with Gasteiger partial charge in [0.05, 0.1) is 18.0 Å². The molecule has 0 aliphatic heterocycles. The van der Waals surface area contributed by atoms with Crippen molar-refractivity contribution in [2.45, 2.75) is 6.92 Å². The van der Waals surface area contributed by atoms with Crippen LogP contribution in [-0.4, -0.2) is 22.5 Å². The summed E-state index contributed by atoms with van der Waals surface area (Å²) in [5, 5.41) is 5.52. The Balaban J connectivity index is 1.78. The summed E-state index contributed by atoms with van der Waals surface area (Å²) in [5.41, 5.74) is 0.882. The molecule has 26 heavy (non-hydrogen) atoms. The summed E-state index contributed by atoms with van der Waals surface area (Å²) in [5.74, 6) is -0.157. The molecule has 2 aromatic carbocycles. The molecule has 0 spiro atoms. The van der Waals surface area contributed by atoms with Crippen LogP contribution in [0, 0.1) is 5.82 Å². The topological polar surface area (TPSA) is 76.1 Å². The highest BCUT2D eigenvalue weighted by molar-refractivity contribution is 6.03. The van der Waals surface area contributed by atoms with Crippen molar-refractivity contribution in [3.63, 3.8) is 0 Å². The molecule has 0 unspecified atom stereocenters. The molecule has 0 aliphatic carbocycles. The van der Waals surface area contributed by atoms with E-state index >= 15 is 0 Å². The van der Waals surface area contributed by atoms with E-state index in [0.717, 1.165) is 0 Å². The van der Waals surface area contributed by atoms with Crippen LogP contribution in [0.2, 0.25) is 0 Å². The number of para-hydroxylation sites is 3. The lowest BCUT2D eigenvalue weighted by Crippen LogP contribution is -2.15. The molecule has 7 heteroatoms. The Labute approximate surface area is 150 Å². The average Bonchev–Trinajstić information content (AvgIpc) is 2.66. The van der Waals surface area contributed by atoms with Gasteiger partial charge in [0.2, 0.25) is 5.95 Å². The summed E-state index contributed by atoms with van der Waals surface area (Å²) >= 11 is 0. The Morgan fingerprint density at radius 1 is 1.08 bits per heavy atom. The van der Waals surface area contributed by atoms with E-state index in [4.69, 9.17) is 4.74 Å². The molecular formula is C19H17FN4O2. The molecule has 0 aliphatic rings. The zero-order valence-electron chi connectivity index (χ0n) is 14.1. The Kier molecular flexibility index (Phi) is 5.38. The number of rotatable bonds is 6. The maximum atomic E-state index is 13.7. The minimum Gasteiger partial charge on any atom is -0.492 e. The van der Waals surface area contributed by atoms with Crippen molar-refractivity contribution in [2.24, 2.45) is 0 Å². The summed E-state index contributed by atoms with van der Waals surface area (Å²) in [4.78, 5) is 20.6. The molecule has 2 N–H and O–H groups in total. The lowest BCUT2D eigenvalue weighted by atomic mass is 10.3. The van der Waals surface area contributed by atoms with Gasteiger partial charge in [-0.2, -0.15) is 0 Å². The summed E-state index contributed by atoms with van der Waals surface area (Å²) < 4.78 is 19.2. The smallest absolute Gasteiger partial charge is 0.274 e. The van der Waals surface area contributed by atoms with E-state index < -0.39 is 11.7 Å². The molecule has 0 atom stereocenters. The lowest BCUT2D eigenvalue weighted by Gasteiger charge is -2.11. The fraction of sp³-hybridized carbons (Fsp3) is 0.105. The van der Waals surface area contributed by atoms with Crippen molar-refractivity contribution in [3.8, 4) is 5.75 Å². The van der Waals surface area contributed by atoms with Crippen LogP contribution in [0.15, 0.2) is 60.8 Å². The van der Waals surface area contributed by atoms with E-state index in [1.54, 1.807) is 12.1 Å². The molecule has 1 heterocycles. The van der Waals surface area contributed by atoms with E-state index in [-0.39, 0.29) is 17.3 Å². The van der Waals surface area contributed by atoms with Crippen LogP contribution in [0.5, 0.6) is 5.75 Å². The Hall–Kier alpha value is -3.48. The van der Waals surface area contributed by atoms with Crippen molar-refractivity contribution in [1.82, 2.24) is 9.97 Å². The Morgan fingerprint density at radius 2 is 1.81 bits per heavy atom. The number of benzene rings is 2. The van der Waals surface area contributed by atoms with E-state index in [9.17, 15) is 9.18 Å². The van der Waals surface area contributed by atoms with Crippen LogP contribution in [-0.2, 0) is 0 Å². The minimum absolute atomic E-state index is 0.0901. The number of nitrogens with zero attached hydrogens (tertiary/aromatic N) is 2. The second kappa shape index (κ2) is 8.06. The number of anilines is 3. The molecule has 6 nitrogen and oxygen atoms in total. The highest BCUT2D eigenvalue weighted by Gasteiger charge is 2.12. The number of carbonyl (C=O) groups excluding carboxylic acids is 1. The lowest BCUT2D eigenvalue weighted by molar-refractivity contribution is 0.102. The molecule has 0 saturated carbocycles. The van der Waals surface area contributed by atoms with E-state index in [1.807, 2.05) is 31.2 Å². The summed E-state index contributed by atoms with van der Waals surface area (Å²) in [6.07, 6.45) is 1.45. The van der Waals surface area contributed by atoms with Gasteiger partial charge >= 0.3 is 0 Å². The zero-order valence-corrected chi connectivity index (χ0v) is 14.1. The normalized spacial score (nSPS) is 10.2. The predicted molar refractivity (Wildman–Crippen MR) is 97.3 cm³/mol. The fourth-order valence-corrected chi connectivity index (χ4v) is 2.27. The maximum Gasteiger partial charge on any atom is 0.274 e. The maximum absolute atomic E-state index is 13.7. The van der Waals surface area contributed by atoms with Gasteiger partial charge in [0.15, 0.2) is 0 Å². The van der Waals surface area contributed by atoms with Crippen molar-refractivity contribution in [1.29, 1.82) is 0 Å². The molecule has 0 bridgehead atoms. The number of hydrogen-bond acceptors (Lipinski definition) is 5. The van der Waals surface area contributed by atoms with Gasteiger partial charge in [-0.3, -0.25) is 4.79 Å². The molecule has 0 radical (unpaired) electrons. The van der Waals surface area contributed by atoms with Gasteiger partial charge < -0.3 is 15.4 Å². The molecule has 0 fully saturated rings. The van der Waals surface area contributed by atoms with Crippen molar-refractivity contribution in [2.75, 3.05) is 17.2 Å². The molecule has 1 amide bonds. The fourth-order valence-electron chi connectivity index (χ4n) is 2.27. The van der Waals surface area contributed by atoms with Crippen molar-refractivity contribution in [3.05, 3.63) is 72.3 Å². The van der Waals surface area contributed by atoms with Crippen LogP contribution in [0.25, 0.3) is 0 Å². The second-order valence-corrected chi connectivity index (χ2v) is 5.25. The molecule has 3 rings (SSSR count). The SMILES string of the molecule is CCOc1ccccc1Nc1nccc(C(=O)Nc2ccccc2F)n1. The summed E-state index contributed by atoms with van der Waals surface area (Å²) in [7, 11) is 0. The first kappa shape index (κ1) is 17.3. The van der Waals surface area contributed by atoms with Gasteiger partial charge in [0, 0.05) is 6.20 Å². The van der Waals surface area contributed by atoms with E-state index in [0.29, 0.717) is 18.0 Å². The van der Waals surface area contributed by atoms with Gasteiger partial charge in [-0.25, -0.2) is 14.4 Å². The number of carbonyl (C=O) groups is 1. The van der Waals surface area contributed by atoms with E-state index in [2.05, 4.69) is 20.6 Å². The average molecular weight is 352 g/mol. The molecular weight excluding hydrogens is 335 g/mol. The zero-order chi connectivity index (χ0) is 18.4. The second-order valence-electron chi connectivity index (χ2n) is 5.25. The molecule has 3 aromatic rings. The third-order valence-electron chi connectivity index (χ3n) is 3.44. The standard InChI is InChI=1S/C19H17FN4O2/c1-2-26-17-10-6-5-9-15(17)23-19-21-12-11-16(24-19)18(25)22-14-8-4-3-7-13(14)20/h3-12H,2H2,1H3,(H,22,25)(H,21,23,24). The molecule has 1 aromatic heterocycles. The van der Waals surface area contributed by atoms with Gasteiger partial charge in [-0.15, -0.1) is 0 Å². The first-order valence-corrected chi connectivity index (χ1v) is 8.05. The quantitative estimate of drug-likeness (QED) is 0.701. The third-order valence-corrected chi connectivity index (χ3v) is 3.44. The van der Waals surface area contributed by atoms with Crippen LogP contribution in [0.1, 0.15) is 17.4 Å². The number of halogens is 1. The predicted octanol–water partition coefficient (Wildman–Crippen LogP) is 4.01. The first-order chi connectivity index (χ1) is 12.7. The molecule has 132 valence electrons. The van der Waals surface area contributed by atoms with Crippen LogP contribution in [0.3, 0.4) is 0 Å². The summed E-state index contributed by atoms with van der Waals surface area (Å²) in [6, 6.07) is 14.7. The number of hydrogen-bond donors (Lipinski definition) is 2. The summed E-state index contributed by atoms with van der Waals surface area (Å²) in [6.45, 7) is 2.41. The van der Waals surface area contributed by atoms with E-state index in [1.165, 1.54) is 24.4 Å². The minimum atomic E-state index is -0.529. The van der Waals surface area contributed by atoms with Gasteiger partial charge in [0.25, 0.3) is 5.91 Å². The first-order valence-electron chi connectivity index (χ1n) is 8.05. The van der Waals surface area contributed by atoms with Gasteiger partial charge in [0.1, 0.15) is 17.3 Å². The Morgan fingerprint density at radius 3 is 2.58 bits per heavy atom.